The molecule has 1 rings (SSSR count). The summed E-state index contributed by atoms with van der Waals surface area (Å²) < 4.78 is 0. The molecule has 0 saturated heterocycles. The van der Waals surface area contributed by atoms with Crippen molar-refractivity contribution in [3.05, 3.63) is 23.8 Å². The smallest absolute Gasteiger partial charge is 0.423 e. The van der Waals surface area contributed by atoms with E-state index in [1.165, 1.54) is 6.21 Å². The average Bonchev–Trinajstić information content (AvgIpc) is 2.16. The minimum atomic E-state index is -1.45. The van der Waals surface area contributed by atoms with E-state index in [-0.39, 0.29) is 0 Å². The van der Waals surface area contributed by atoms with Gasteiger partial charge in [0.05, 0.1) is 5.56 Å². The van der Waals surface area contributed by atoms with Crippen molar-refractivity contribution >= 4 is 24.5 Å². The summed E-state index contributed by atoms with van der Waals surface area (Å²) in [6.45, 7) is 0. The lowest BCUT2D eigenvalue weighted by Crippen LogP contribution is -2.33. The van der Waals surface area contributed by atoms with Crippen LogP contribution in [-0.2, 0) is 0 Å². The average molecular weight is 179 g/mol. The number of benzene rings is 1. The van der Waals surface area contributed by atoms with Gasteiger partial charge in [-0.25, -0.2) is 0 Å². The number of rotatable bonds is 3. The van der Waals surface area contributed by atoms with Crippen LogP contribution in [0.2, 0.25) is 0 Å². The molecule has 1 aromatic rings. The number of anilines is 1. The summed E-state index contributed by atoms with van der Waals surface area (Å²) in [6, 6.07) is 4.99. The Balaban J connectivity index is 3.13. The summed E-state index contributed by atoms with van der Waals surface area (Å²) in [7, 11) is 0.321. The molecule has 5 N–H and O–H groups in total. The van der Waals surface area contributed by atoms with Crippen LogP contribution in [0.4, 0.5) is 5.69 Å². The van der Waals surface area contributed by atoms with E-state index in [0.29, 0.717) is 5.46 Å². The lowest BCUT2D eigenvalue weighted by Gasteiger charge is -2.05. The Morgan fingerprint density at radius 2 is 2.15 bits per heavy atom. The van der Waals surface area contributed by atoms with Gasteiger partial charge in [0.1, 0.15) is 0 Å². The molecule has 0 amide bonds. The normalized spacial score (nSPS) is 9.46. The second-order valence-corrected chi connectivity index (χ2v) is 2.64. The van der Waals surface area contributed by atoms with E-state index in [1.54, 1.807) is 25.2 Å². The van der Waals surface area contributed by atoms with Crippen molar-refractivity contribution in [2.45, 2.75) is 0 Å². The SMILES string of the molecule is CNc1ccc(B(O)O)cc1C=[NH2+]. The first-order valence-corrected chi connectivity index (χ1v) is 3.92. The van der Waals surface area contributed by atoms with Crippen molar-refractivity contribution in [1.29, 1.82) is 0 Å². The summed E-state index contributed by atoms with van der Waals surface area (Å²) in [6.07, 6.45) is 1.41. The van der Waals surface area contributed by atoms with Gasteiger partial charge in [-0.2, -0.15) is 0 Å². The largest absolute Gasteiger partial charge is 0.488 e. The highest BCUT2D eigenvalue weighted by Gasteiger charge is 2.12. The third kappa shape index (κ3) is 2.08. The monoisotopic (exact) mass is 179 g/mol. The van der Waals surface area contributed by atoms with Gasteiger partial charge in [0.25, 0.3) is 0 Å². The van der Waals surface area contributed by atoms with E-state index in [9.17, 15) is 0 Å². The Bertz CT molecular complexity index is 315. The zero-order valence-corrected chi connectivity index (χ0v) is 7.36. The molecule has 0 saturated carbocycles. The molecule has 0 unspecified atom stereocenters. The summed E-state index contributed by atoms with van der Waals surface area (Å²) in [4.78, 5) is 0. The summed E-state index contributed by atoms with van der Waals surface area (Å²) in [5, 5.41) is 26.1. The van der Waals surface area contributed by atoms with Gasteiger partial charge < -0.3 is 15.4 Å². The lowest BCUT2D eigenvalue weighted by molar-refractivity contribution is -0.104. The molecule has 0 aliphatic heterocycles. The molecule has 0 heterocycles. The zero-order chi connectivity index (χ0) is 9.84. The fraction of sp³-hybridized carbons (Fsp3) is 0.125. The topological polar surface area (TPSA) is 78.1 Å². The third-order valence-electron chi connectivity index (χ3n) is 1.82. The highest BCUT2D eigenvalue weighted by molar-refractivity contribution is 6.58. The molecular weight excluding hydrogens is 167 g/mol. The van der Waals surface area contributed by atoms with Crippen molar-refractivity contribution in [2.75, 3.05) is 12.4 Å². The quantitative estimate of drug-likeness (QED) is 0.308. The minimum absolute atomic E-state index is 0.427. The molecule has 1 aromatic carbocycles. The van der Waals surface area contributed by atoms with Gasteiger partial charge in [0, 0.05) is 12.7 Å². The first kappa shape index (κ1) is 9.76. The molecule has 0 aliphatic carbocycles. The fourth-order valence-electron chi connectivity index (χ4n) is 1.11. The van der Waals surface area contributed by atoms with Crippen LogP contribution >= 0.6 is 0 Å². The molecule has 4 nitrogen and oxygen atoms in total. The summed E-state index contributed by atoms with van der Waals surface area (Å²) in [5.74, 6) is 0. The fourth-order valence-corrected chi connectivity index (χ4v) is 1.11. The van der Waals surface area contributed by atoms with Gasteiger partial charge in [-0.3, -0.25) is 5.41 Å². The van der Waals surface area contributed by atoms with Crippen LogP contribution in [0.15, 0.2) is 18.2 Å². The Morgan fingerprint density at radius 3 is 2.62 bits per heavy atom. The van der Waals surface area contributed by atoms with Gasteiger partial charge in [-0.15, -0.1) is 0 Å². The Morgan fingerprint density at radius 1 is 1.46 bits per heavy atom. The number of nitrogens with two attached hydrogens (primary N) is 1. The molecule has 0 atom stereocenters. The standard InChI is InChI=1S/C8H11BN2O2/c1-11-8-3-2-7(9(12)13)4-6(8)5-10/h2-5,10-13H,1H3/p+1. The Labute approximate surface area is 76.9 Å². The minimum Gasteiger partial charge on any atom is -0.423 e. The number of nitrogens with one attached hydrogen (secondary N) is 1. The van der Waals surface area contributed by atoms with Crippen LogP contribution < -0.4 is 16.2 Å². The van der Waals surface area contributed by atoms with Crippen molar-refractivity contribution in [2.24, 2.45) is 0 Å². The van der Waals surface area contributed by atoms with Gasteiger partial charge in [-0.05, 0) is 17.6 Å². The molecule has 0 aliphatic rings. The van der Waals surface area contributed by atoms with E-state index in [2.05, 4.69) is 5.32 Å². The predicted molar refractivity (Wildman–Crippen MR) is 52.9 cm³/mol. The van der Waals surface area contributed by atoms with Gasteiger partial charge >= 0.3 is 7.12 Å². The van der Waals surface area contributed by atoms with Crippen LogP contribution in [0.25, 0.3) is 0 Å². The second kappa shape index (κ2) is 4.07. The Hall–Kier alpha value is -1.33. The highest BCUT2D eigenvalue weighted by Crippen LogP contribution is 2.09. The van der Waals surface area contributed by atoms with Crippen molar-refractivity contribution < 1.29 is 15.5 Å². The molecule has 0 spiro atoms. The molecule has 68 valence electrons. The van der Waals surface area contributed by atoms with E-state index in [4.69, 9.17) is 15.5 Å². The molecule has 0 fully saturated rings. The summed E-state index contributed by atoms with van der Waals surface area (Å²) >= 11 is 0. The molecule has 0 radical (unpaired) electrons. The van der Waals surface area contributed by atoms with Crippen LogP contribution in [0.5, 0.6) is 0 Å². The van der Waals surface area contributed by atoms with Crippen LogP contribution in [0.1, 0.15) is 5.56 Å². The van der Waals surface area contributed by atoms with E-state index in [0.717, 1.165) is 11.3 Å². The van der Waals surface area contributed by atoms with Crippen LogP contribution in [0.3, 0.4) is 0 Å². The first-order valence-electron chi connectivity index (χ1n) is 3.92. The van der Waals surface area contributed by atoms with Gasteiger partial charge in [-0.1, -0.05) is 6.07 Å². The van der Waals surface area contributed by atoms with Crippen molar-refractivity contribution in [3.63, 3.8) is 0 Å². The maximum Gasteiger partial charge on any atom is 0.488 e. The van der Waals surface area contributed by atoms with Crippen LogP contribution in [-0.4, -0.2) is 30.4 Å². The van der Waals surface area contributed by atoms with E-state index < -0.39 is 7.12 Å². The lowest BCUT2D eigenvalue weighted by atomic mass is 9.79. The van der Waals surface area contributed by atoms with Gasteiger partial charge in [0.15, 0.2) is 6.21 Å². The van der Waals surface area contributed by atoms with Crippen molar-refractivity contribution in [1.82, 2.24) is 0 Å². The number of hydrogen-bond acceptors (Lipinski definition) is 3. The molecule has 5 heteroatoms. The Kier molecular flexibility index (Phi) is 3.05. The van der Waals surface area contributed by atoms with Crippen molar-refractivity contribution in [3.8, 4) is 0 Å². The van der Waals surface area contributed by atoms with E-state index >= 15 is 0 Å². The number of hydrogen-bond donors (Lipinski definition) is 4. The first-order chi connectivity index (χ1) is 6.19. The molecule has 0 aromatic heterocycles. The maximum atomic E-state index is 8.89. The summed E-state index contributed by atoms with van der Waals surface area (Å²) in [5.41, 5.74) is 2.02. The molecule has 13 heavy (non-hydrogen) atoms. The highest BCUT2D eigenvalue weighted by atomic mass is 16.4. The third-order valence-corrected chi connectivity index (χ3v) is 1.82. The zero-order valence-electron chi connectivity index (χ0n) is 7.36. The molecule has 0 bridgehead atoms. The van der Waals surface area contributed by atoms with Crippen LogP contribution in [0, 0.1) is 0 Å². The maximum absolute atomic E-state index is 8.89. The molecular formula is C8H12BN2O2+. The van der Waals surface area contributed by atoms with E-state index in [1.807, 2.05) is 0 Å². The predicted octanol–water partition coefficient (Wildman–Crippen LogP) is -2.41. The van der Waals surface area contributed by atoms with Gasteiger partial charge in [0.2, 0.25) is 0 Å². The second-order valence-electron chi connectivity index (χ2n) is 2.64.